The lowest BCUT2D eigenvalue weighted by Crippen LogP contribution is -2.34. The van der Waals surface area contributed by atoms with Crippen molar-refractivity contribution in [2.24, 2.45) is 5.73 Å². The number of thiazole rings is 1. The molecule has 21 heavy (non-hydrogen) atoms. The Bertz CT molecular complexity index is 622. The topological polar surface area (TPSA) is 98.1 Å². The third-order valence-electron chi connectivity index (χ3n) is 2.99. The summed E-state index contributed by atoms with van der Waals surface area (Å²) in [7, 11) is 0. The van der Waals surface area contributed by atoms with Crippen molar-refractivity contribution in [3.05, 3.63) is 10.4 Å². The number of nitrogen functional groups attached to an aromatic ring is 1. The van der Waals surface area contributed by atoms with Gasteiger partial charge in [-0.05, 0) is 24.9 Å². The van der Waals surface area contributed by atoms with Crippen LogP contribution in [0.25, 0.3) is 11.3 Å². The average molecular weight is 325 g/mol. The largest absolute Gasteiger partial charge is 0.382 e. The summed E-state index contributed by atoms with van der Waals surface area (Å²) in [6, 6.07) is 0. The maximum atomic E-state index is 11.3. The van der Waals surface area contributed by atoms with E-state index in [4.69, 9.17) is 11.5 Å². The van der Waals surface area contributed by atoms with E-state index in [0.29, 0.717) is 5.82 Å². The van der Waals surface area contributed by atoms with Crippen molar-refractivity contribution in [3.63, 3.8) is 0 Å². The molecule has 2 aromatic heterocycles. The molecule has 0 unspecified atom stereocenters. The summed E-state index contributed by atoms with van der Waals surface area (Å²) in [6.45, 7) is 4.96. The van der Waals surface area contributed by atoms with Crippen molar-refractivity contribution >= 4 is 39.6 Å². The van der Waals surface area contributed by atoms with Gasteiger partial charge in [0.25, 0.3) is 0 Å². The molecule has 1 amide bonds. The SMILES string of the molecule is CCCCN(CC(N)=O)c1snc(N)c1-c1csc(C)n1. The van der Waals surface area contributed by atoms with Gasteiger partial charge in [-0.2, -0.15) is 4.37 Å². The second-order valence-electron chi connectivity index (χ2n) is 4.74. The minimum Gasteiger partial charge on any atom is -0.382 e. The lowest BCUT2D eigenvalue weighted by atomic mass is 10.2. The zero-order chi connectivity index (χ0) is 15.4. The van der Waals surface area contributed by atoms with Crippen LogP contribution in [0.2, 0.25) is 0 Å². The number of amides is 1. The molecule has 0 saturated carbocycles. The standard InChI is InChI=1S/C13H19N5OS2/c1-3-4-5-18(6-10(14)19)13-11(12(15)17-21-13)9-7-20-8(2)16-9/h7H,3-6H2,1-2H3,(H2,14,19)(H2,15,17). The summed E-state index contributed by atoms with van der Waals surface area (Å²) < 4.78 is 4.23. The second kappa shape index (κ2) is 6.86. The van der Waals surface area contributed by atoms with Crippen LogP contribution >= 0.6 is 22.9 Å². The van der Waals surface area contributed by atoms with Gasteiger partial charge in [0.05, 0.1) is 22.8 Å². The minimum atomic E-state index is -0.363. The van der Waals surface area contributed by atoms with Gasteiger partial charge in [0.2, 0.25) is 5.91 Å². The van der Waals surface area contributed by atoms with E-state index in [1.165, 1.54) is 11.5 Å². The van der Waals surface area contributed by atoms with Crippen LogP contribution in [0.15, 0.2) is 5.38 Å². The second-order valence-corrected chi connectivity index (χ2v) is 6.56. The number of aromatic nitrogens is 2. The number of anilines is 2. The molecule has 0 aliphatic heterocycles. The van der Waals surface area contributed by atoms with Gasteiger partial charge in [-0.25, -0.2) is 4.98 Å². The fourth-order valence-electron chi connectivity index (χ4n) is 2.02. The van der Waals surface area contributed by atoms with Crippen molar-refractivity contribution in [3.8, 4) is 11.3 Å². The predicted molar refractivity (Wildman–Crippen MR) is 88.7 cm³/mol. The van der Waals surface area contributed by atoms with E-state index < -0.39 is 0 Å². The molecular weight excluding hydrogens is 306 g/mol. The molecule has 0 bridgehead atoms. The summed E-state index contributed by atoms with van der Waals surface area (Å²) in [6.07, 6.45) is 2.01. The van der Waals surface area contributed by atoms with E-state index in [1.54, 1.807) is 11.3 Å². The zero-order valence-electron chi connectivity index (χ0n) is 12.1. The van der Waals surface area contributed by atoms with Gasteiger partial charge < -0.3 is 16.4 Å². The highest BCUT2D eigenvalue weighted by Crippen LogP contribution is 2.39. The first-order valence-electron chi connectivity index (χ1n) is 6.73. The molecule has 0 atom stereocenters. The summed E-state index contributed by atoms with van der Waals surface area (Å²) in [5.74, 6) is 0.0877. The summed E-state index contributed by atoms with van der Waals surface area (Å²) in [4.78, 5) is 17.8. The number of hydrogen-bond acceptors (Lipinski definition) is 7. The monoisotopic (exact) mass is 325 g/mol. The van der Waals surface area contributed by atoms with Gasteiger partial charge in [-0.1, -0.05) is 13.3 Å². The maximum Gasteiger partial charge on any atom is 0.236 e. The van der Waals surface area contributed by atoms with Gasteiger partial charge in [-0.15, -0.1) is 11.3 Å². The van der Waals surface area contributed by atoms with Gasteiger partial charge in [0, 0.05) is 11.9 Å². The van der Waals surface area contributed by atoms with Gasteiger partial charge >= 0.3 is 0 Å². The molecule has 0 spiro atoms. The van der Waals surface area contributed by atoms with E-state index >= 15 is 0 Å². The predicted octanol–water partition coefficient (Wildman–Crippen LogP) is 2.25. The first-order chi connectivity index (χ1) is 10.0. The highest BCUT2D eigenvalue weighted by Gasteiger charge is 2.21. The quantitative estimate of drug-likeness (QED) is 0.813. The number of aryl methyl sites for hydroxylation is 1. The fourth-order valence-corrected chi connectivity index (χ4v) is 3.47. The van der Waals surface area contributed by atoms with Crippen LogP contribution in [0.3, 0.4) is 0 Å². The third kappa shape index (κ3) is 3.70. The Labute approximate surface area is 132 Å². The molecule has 4 N–H and O–H groups in total. The summed E-state index contributed by atoms with van der Waals surface area (Å²) in [5.41, 5.74) is 13.0. The minimum absolute atomic E-state index is 0.164. The van der Waals surface area contributed by atoms with Gasteiger partial charge in [0.15, 0.2) is 0 Å². The smallest absolute Gasteiger partial charge is 0.236 e. The average Bonchev–Trinajstić information content (AvgIpc) is 3.00. The Hall–Kier alpha value is -1.67. The number of unbranched alkanes of at least 4 members (excludes halogenated alkanes) is 1. The van der Waals surface area contributed by atoms with Crippen LogP contribution in [0.1, 0.15) is 24.8 Å². The molecule has 8 heteroatoms. The molecule has 0 aliphatic carbocycles. The lowest BCUT2D eigenvalue weighted by molar-refractivity contribution is -0.116. The Morgan fingerprint density at radius 1 is 1.48 bits per heavy atom. The molecule has 2 heterocycles. The molecule has 0 fully saturated rings. The molecule has 114 valence electrons. The van der Waals surface area contributed by atoms with E-state index in [9.17, 15) is 4.79 Å². The Kier molecular flexibility index (Phi) is 5.13. The van der Waals surface area contributed by atoms with Crippen LogP contribution in [-0.4, -0.2) is 28.4 Å². The zero-order valence-corrected chi connectivity index (χ0v) is 13.8. The third-order valence-corrected chi connectivity index (χ3v) is 4.69. The maximum absolute atomic E-state index is 11.3. The van der Waals surface area contributed by atoms with Crippen LogP contribution in [-0.2, 0) is 4.79 Å². The molecule has 2 rings (SSSR count). The summed E-state index contributed by atoms with van der Waals surface area (Å²) >= 11 is 2.85. The van der Waals surface area contributed by atoms with Crippen molar-refractivity contribution in [2.75, 3.05) is 23.7 Å². The normalized spacial score (nSPS) is 10.8. The highest BCUT2D eigenvalue weighted by molar-refractivity contribution is 7.11. The van der Waals surface area contributed by atoms with E-state index in [2.05, 4.69) is 16.3 Å². The van der Waals surface area contributed by atoms with Gasteiger partial charge in [-0.3, -0.25) is 4.79 Å². The highest BCUT2D eigenvalue weighted by atomic mass is 32.1. The van der Waals surface area contributed by atoms with Crippen molar-refractivity contribution in [1.29, 1.82) is 0 Å². The number of nitrogens with two attached hydrogens (primary N) is 2. The van der Waals surface area contributed by atoms with Crippen LogP contribution in [0.4, 0.5) is 10.8 Å². The molecule has 0 aromatic carbocycles. The number of rotatable bonds is 7. The first kappa shape index (κ1) is 15.7. The van der Waals surface area contributed by atoms with E-state index in [1.807, 2.05) is 17.2 Å². The fraction of sp³-hybridized carbons (Fsp3) is 0.462. The lowest BCUT2D eigenvalue weighted by Gasteiger charge is -2.22. The Balaban J connectivity index is 2.38. The van der Waals surface area contributed by atoms with E-state index in [-0.39, 0.29) is 12.5 Å². The van der Waals surface area contributed by atoms with E-state index in [0.717, 1.165) is 40.7 Å². The molecule has 6 nitrogen and oxygen atoms in total. The number of primary amides is 1. The molecule has 0 saturated heterocycles. The van der Waals surface area contributed by atoms with Crippen LogP contribution in [0.5, 0.6) is 0 Å². The van der Waals surface area contributed by atoms with Crippen molar-refractivity contribution < 1.29 is 4.79 Å². The van der Waals surface area contributed by atoms with Crippen LogP contribution in [0, 0.1) is 6.92 Å². The number of carbonyl (C=O) groups excluding carboxylic acids is 1. The van der Waals surface area contributed by atoms with Crippen molar-refractivity contribution in [2.45, 2.75) is 26.7 Å². The number of carbonyl (C=O) groups is 1. The van der Waals surface area contributed by atoms with Crippen molar-refractivity contribution in [1.82, 2.24) is 9.36 Å². The van der Waals surface area contributed by atoms with Crippen LogP contribution < -0.4 is 16.4 Å². The summed E-state index contributed by atoms with van der Waals surface area (Å²) in [5, 5.41) is 3.79. The molecule has 0 radical (unpaired) electrons. The first-order valence-corrected chi connectivity index (χ1v) is 8.39. The molecular formula is C13H19N5OS2. The Morgan fingerprint density at radius 3 is 2.81 bits per heavy atom. The Morgan fingerprint density at radius 2 is 2.24 bits per heavy atom. The molecule has 2 aromatic rings. The molecule has 0 aliphatic rings. The van der Waals surface area contributed by atoms with Gasteiger partial charge in [0.1, 0.15) is 10.8 Å². The number of nitrogens with zero attached hydrogens (tertiary/aromatic N) is 3. The number of hydrogen-bond donors (Lipinski definition) is 2.